The van der Waals surface area contributed by atoms with E-state index in [0.717, 1.165) is 11.3 Å². The molecule has 0 atom stereocenters. The number of rotatable bonds is 4. The number of anilines is 1. The quantitative estimate of drug-likeness (QED) is 0.716. The highest BCUT2D eigenvalue weighted by Crippen LogP contribution is 2.32. The van der Waals surface area contributed by atoms with Crippen LogP contribution >= 0.6 is 0 Å². The second-order valence-electron chi connectivity index (χ2n) is 5.99. The maximum atomic E-state index is 13.1. The zero-order valence-corrected chi connectivity index (χ0v) is 14.5. The van der Waals surface area contributed by atoms with Crippen LogP contribution in [0.5, 0.6) is 11.5 Å². The van der Waals surface area contributed by atoms with Crippen molar-refractivity contribution in [3.8, 4) is 17.2 Å². The van der Waals surface area contributed by atoms with Crippen LogP contribution in [0.15, 0.2) is 54.6 Å². The molecule has 0 radical (unpaired) electrons. The van der Waals surface area contributed by atoms with Gasteiger partial charge in [0.15, 0.2) is 11.5 Å². The second kappa shape index (κ2) is 6.95. The average Bonchev–Trinajstić information content (AvgIpc) is 3.26. The van der Waals surface area contributed by atoms with Crippen LogP contribution in [0.25, 0.3) is 11.8 Å². The first-order valence-electron chi connectivity index (χ1n) is 8.30. The lowest BCUT2D eigenvalue weighted by Gasteiger charge is -2.07. The fraction of sp³-hybridized carbons (Fsp3) is 0.100. The van der Waals surface area contributed by atoms with Gasteiger partial charge in [-0.15, -0.1) is 0 Å². The molecule has 0 saturated carbocycles. The molecule has 4 rings (SSSR count). The van der Waals surface area contributed by atoms with Crippen molar-refractivity contribution in [1.82, 2.24) is 9.78 Å². The molecule has 136 valence electrons. The first-order chi connectivity index (χ1) is 13.1. The highest BCUT2D eigenvalue weighted by Gasteiger charge is 2.13. The minimum atomic E-state index is -0.333. The van der Waals surface area contributed by atoms with Crippen LogP contribution in [0.2, 0.25) is 0 Å². The van der Waals surface area contributed by atoms with Crippen LogP contribution in [-0.4, -0.2) is 22.5 Å². The number of nitrogens with one attached hydrogen (secondary N) is 1. The molecule has 1 aliphatic rings. The smallest absolute Gasteiger partial charge is 0.249 e. The van der Waals surface area contributed by atoms with E-state index in [4.69, 9.17) is 9.47 Å². The summed E-state index contributed by atoms with van der Waals surface area (Å²) < 4.78 is 25.3. The third-order valence-corrected chi connectivity index (χ3v) is 3.98. The summed E-state index contributed by atoms with van der Waals surface area (Å²) in [4.78, 5) is 12.3. The molecule has 1 N–H and O–H groups in total. The van der Waals surface area contributed by atoms with Gasteiger partial charge >= 0.3 is 0 Å². The molecule has 0 unspecified atom stereocenters. The SMILES string of the molecule is Cc1cc(NC(=O)C=Cc2ccc3c(c2)OCO3)n(-c2ccc(F)cc2)n1. The molecule has 7 heteroatoms. The predicted molar refractivity (Wildman–Crippen MR) is 98.5 cm³/mol. The number of aryl methyl sites for hydroxylation is 1. The van der Waals surface area contributed by atoms with Crippen LogP contribution in [0, 0.1) is 12.7 Å². The molecule has 0 saturated heterocycles. The monoisotopic (exact) mass is 365 g/mol. The third-order valence-electron chi connectivity index (χ3n) is 3.98. The van der Waals surface area contributed by atoms with Crippen LogP contribution < -0.4 is 14.8 Å². The summed E-state index contributed by atoms with van der Waals surface area (Å²) in [6, 6.07) is 13.1. The van der Waals surface area contributed by atoms with Gasteiger partial charge in [0, 0.05) is 12.1 Å². The van der Waals surface area contributed by atoms with E-state index in [2.05, 4.69) is 10.4 Å². The largest absolute Gasteiger partial charge is 0.454 e. The maximum Gasteiger partial charge on any atom is 0.249 e. The molecule has 3 aromatic rings. The number of aromatic nitrogens is 2. The van der Waals surface area contributed by atoms with Crippen molar-refractivity contribution >= 4 is 17.8 Å². The fourth-order valence-electron chi connectivity index (χ4n) is 2.72. The number of hydrogen-bond acceptors (Lipinski definition) is 4. The van der Waals surface area contributed by atoms with E-state index in [1.165, 1.54) is 18.2 Å². The molecule has 6 nitrogen and oxygen atoms in total. The van der Waals surface area contributed by atoms with Gasteiger partial charge in [-0.05, 0) is 55.0 Å². The van der Waals surface area contributed by atoms with Crippen LogP contribution in [0.4, 0.5) is 10.2 Å². The Bertz CT molecular complexity index is 1030. The molecule has 1 aliphatic heterocycles. The van der Waals surface area contributed by atoms with Gasteiger partial charge in [0.25, 0.3) is 0 Å². The summed E-state index contributed by atoms with van der Waals surface area (Å²) in [6.07, 6.45) is 3.11. The predicted octanol–water partition coefficient (Wildman–Crippen LogP) is 3.70. The lowest BCUT2D eigenvalue weighted by atomic mass is 10.2. The Balaban J connectivity index is 1.51. The maximum absolute atomic E-state index is 13.1. The minimum Gasteiger partial charge on any atom is -0.454 e. The van der Waals surface area contributed by atoms with E-state index in [1.54, 1.807) is 41.1 Å². The van der Waals surface area contributed by atoms with Crippen molar-refractivity contribution in [3.05, 3.63) is 71.7 Å². The van der Waals surface area contributed by atoms with Gasteiger partial charge in [-0.2, -0.15) is 5.10 Å². The topological polar surface area (TPSA) is 65.4 Å². The van der Waals surface area contributed by atoms with Crippen LogP contribution in [0.1, 0.15) is 11.3 Å². The summed E-state index contributed by atoms with van der Waals surface area (Å²) in [5.74, 6) is 1.20. The number of halogens is 1. The van der Waals surface area contributed by atoms with Gasteiger partial charge in [0.05, 0.1) is 11.4 Å². The van der Waals surface area contributed by atoms with Gasteiger partial charge < -0.3 is 14.8 Å². The van der Waals surface area contributed by atoms with E-state index in [1.807, 2.05) is 13.0 Å². The lowest BCUT2D eigenvalue weighted by Crippen LogP contribution is -2.12. The minimum absolute atomic E-state index is 0.204. The van der Waals surface area contributed by atoms with Crippen molar-refractivity contribution in [2.24, 2.45) is 0 Å². The second-order valence-corrected chi connectivity index (χ2v) is 5.99. The molecule has 2 aromatic carbocycles. The van der Waals surface area contributed by atoms with Crippen molar-refractivity contribution < 1.29 is 18.7 Å². The van der Waals surface area contributed by atoms with Gasteiger partial charge in [0.1, 0.15) is 11.6 Å². The van der Waals surface area contributed by atoms with Crippen LogP contribution in [-0.2, 0) is 4.79 Å². The molecule has 27 heavy (non-hydrogen) atoms. The zero-order chi connectivity index (χ0) is 18.8. The van der Waals surface area contributed by atoms with Gasteiger partial charge in [-0.25, -0.2) is 9.07 Å². The molecular weight excluding hydrogens is 349 g/mol. The molecule has 1 aromatic heterocycles. The summed E-state index contributed by atoms with van der Waals surface area (Å²) in [5, 5.41) is 7.14. The van der Waals surface area contributed by atoms with Crippen molar-refractivity contribution in [2.75, 3.05) is 12.1 Å². The van der Waals surface area contributed by atoms with E-state index in [9.17, 15) is 9.18 Å². The zero-order valence-electron chi connectivity index (χ0n) is 14.5. The number of carbonyl (C=O) groups excluding carboxylic acids is 1. The molecule has 0 fully saturated rings. The number of hydrogen-bond donors (Lipinski definition) is 1. The van der Waals surface area contributed by atoms with Crippen molar-refractivity contribution in [2.45, 2.75) is 6.92 Å². The number of ether oxygens (including phenoxy) is 2. The first-order valence-corrected chi connectivity index (χ1v) is 8.30. The number of fused-ring (bicyclic) bond motifs is 1. The normalized spacial score (nSPS) is 12.5. The Morgan fingerprint density at radius 1 is 1.15 bits per heavy atom. The molecule has 2 heterocycles. The molecule has 0 aliphatic carbocycles. The molecule has 0 bridgehead atoms. The Morgan fingerprint density at radius 2 is 1.93 bits per heavy atom. The summed E-state index contributed by atoms with van der Waals surface area (Å²) in [7, 11) is 0. The summed E-state index contributed by atoms with van der Waals surface area (Å²) in [6.45, 7) is 2.02. The standard InChI is InChI=1S/C20H16FN3O3/c1-13-10-19(24(23-13)16-6-4-15(21)5-7-16)22-20(25)9-3-14-2-8-17-18(11-14)27-12-26-17/h2-11H,12H2,1H3,(H,22,25). The Labute approximate surface area is 154 Å². The van der Waals surface area contributed by atoms with Crippen molar-refractivity contribution in [3.63, 3.8) is 0 Å². The van der Waals surface area contributed by atoms with E-state index < -0.39 is 0 Å². The number of carbonyl (C=O) groups is 1. The van der Waals surface area contributed by atoms with E-state index in [-0.39, 0.29) is 18.5 Å². The fourth-order valence-corrected chi connectivity index (χ4v) is 2.72. The summed E-state index contributed by atoms with van der Waals surface area (Å²) in [5.41, 5.74) is 2.20. The highest BCUT2D eigenvalue weighted by atomic mass is 19.1. The Morgan fingerprint density at radius 3 is 2.74 bits per heavy atom. The molecular formula is C20H16FN3O3. The van der Waals surface area contributed by atoms with Crippen LogP contribution in [0.3, 0.4) is 0 Å². The average molecular weight is 365 g/mol. The van der Waals surface area contributed by atoms with Gasteiger partial charge in [-0.1, -0.05) is 6.07 Å². The Hall–Kier alpha value is -3.61. The van der Waals surface area contributed by atoms with Crippen molar-refractivity contribution in [1.29, 1.82) is 0 Å². The lowest BCUT2D eigenvalue weighted by molar-refractivity contribution is -0.111. The third kappa shape index (κ3) is 3.67. The number of benzene rings is 2. The number of amides is 1. The van der Waals surface area contributed by atoms with E-state index in [0.29, 0.717) is 23.0 Å². The molecule has 0 spiro atoms. The summed E-state index contributed by atoms with van der Waals surface area (Å²) >= 11 is 0. The van der Waals surface area contributed by atoms with Gasteiger partial charge in [0.2, 0.25) is 12.7 Å². The number of nitrogens with zero attached hydrogens (tertiary/aromatic N) is 2. The Kier molecular flexibility index (Phi) is 4.33. The first kappa shape index (κ1) is 16.8. The highest BCUT2D eigenvalue weighted by molar-refractivity contribution is 6.01. The van der Waals surface area contributed by atoms with Gasteiger partial charge in [-0.3, -0.25) is 4.79 Å². The molecule has 1 amide bonds. The van der Waals surface area contributed by atoms with E-state index >= 15 is 0 Å².